The summed E-state index contributed by atoms with van der Waals surface area (Å²) in [4.78, 5) is 31.4. The maximum atomic E-state index is 13.1. The smallest absolute Gasteiger partial charge is 0.228 e. The number of aromatic nitrogens is 3. The van der Waals surface area contributed by atoms with E-state index in [1.54, 1.807) is 4.90 Å². The van der Waals surface area contributed by atoms with Crippen LogP contribution in [0.1, 0.15) is 12.0 Å². The first-order chi connectivity index (χ1) is 15.6. The zero-order valence-corrected chi connectivity index (χ0v) is 18.1. The van der Waals surface area contributed by atoms with Crippen molar-refractivity contribution < 1.29 is 9.59 Å². The van der Waals surface area contributed by atoms with Crippen LogP contribution in [-0.4, -0.2) is 64.2 Å². The Morgan fingerprint density at radius 3 is 2.22 bits per heavy atom. The van der Waals surface area contributed by atoms with Crippen LogP contribution < -0.4 is 9.80 Å². The number of amides is 2. The lowest BCUT2D eigenvalue weighted by Gasteiger charge is -2.36. The van der Waals surface area contributed by atoms with Gasteiger partial charge in [-0.3, -0.25) is 9.59 Å². The molecule has 3 aromatic rings. The average Bonchev–Trinajstić information content (AvgIpc) is 3.50. The second kappa shape index (κ2) is 8.45. The SMILES string of the molecule is Cc1ccc(N2CC(C(=O)N3CCN(c4ccc(-n5cccc5)nn4)CC3)CC2=O)cc1. The number of carbonyl (C=O) groups excluding carboxylic acids is 2. The van der Waals surface area contributed by atoms with Crippen LogP contribution in [0.25, 0.3) is 5.82 Å². The average molecular weight is 431 g/mol. The van der Waals surface area contributed by atoms with Crippen molar-refractivity contribution in [3.05, 3.63) is 66.5 Å². The van der Waals surface area contributed by atoms with Crippen LogP contribution in [0, 0.1) is 12.8 Å². The van der Waals surface area contributed by atoms with E-state index in [9.17, 15) is 9.59 Å². The van der Waals surface area contributed by atoms with Gasteiger partial charge < -0.3 is 19.3 Å². The minimum absolute atomic E-state index is 0.0175. The summed E-state index contributed by atoms with van der Waals surface area (Å²) in [6, 6.07) is 15.7. The maximum Gasteiger partial charge on any atom is 0.228 e. The molecule has 2 fully saturated rings. The fourth-order valence-corrected chi connectivity index (χ4v) is 4.37. The van der Waals surface area contributed by atoms with Crippen molar-refractivity contribution in [2.75, 3.05) is 42.5 Å². The van der Waals surface area contributed by atoms with Gasteiger partial charge in [-0.05, 0) is 43.3 Å². The monoisotopic (exact) mass is 430 g/mol. The van der Waals surface area contributed by atoms with E-state index in [2.05, 4.69) is 15.1 Å². The summed E-state index contributed by atoms with van der Waals surface area (Å²) in [5.41, 5.74) is 2.01. The van der Waals surface area contributed by atoms with Crippen LogP contribution >= 0.6 is 0 Å². The van der Waals surface area contributed by atoms with Gasteiger partial charge in [0.1, 0.15) is 0 Å². The standard InChI is InChI=1S/C24H26N6O2/c1-18-4-6-20(7-5-18)30-17-19(16-23(30)31)24(32)29-14-12-28(13-15-29)22-9-8-21(25-26-22)27-10-2-3-11-27/h2-11,19H,12-17H2,1H3. The molecular formula is C24H26N6O2. The van der Waals surface area contributed by atoms with E-state index < -0.39 is 0 Å². The Labute approximate surface area is 187 Å². The van der Waals surface area contributed by atoms with Gasteiger partial charge in [-0.1, -0.05) is 17.7 Å². The molecule has 2 aliphatic rings. The van der Waals surface area contributed by atoms with E-state index in [1.165, 1.54) is 0 Å². The van der Waals surface area contributed by atoms with Crippen LogP contribution in [-0.2, 0) is 9.59 Å². The van der Waals surface area contributed by atoms with Crippen LogP contribution in [0.15, 0.2) is 60.9 Å². The molecule has 0 aliphatic carbocycles. The molecule has 0 bridgehead atoms. The van der Waals surface area contributed by atoms with Gasteiger partial charge >= 0.3 is 0 Å². The Bertz CT molecular complexity index is 1090. The summed E-state index contributed by atoms with van der Waals surface area (Å²) < 4.78 is 1.91. The summed E-state index contributed by atoms with van der Waals surface area (Å²) in [7, 11) is 0. The number of carbonyl (C=O) groups is 2. The lowest BCUT2D eigenvalue weighted by molar-refractivity contribution is -0.136. The van der Waals surface area contributed by atoms with E-state index in [0.29, 0.717) is 32.7 Å². The summed E-state index contributed by atoms with van der Waals surface area (Å²) in [6.45, 7) is 5.11. The van der Waals surface area contributed by atoms with Gasteiger partial charge in [0.05, 0.1) is 5.92 Å². The number of rotatable bonds is 4. The maximum absolute atomic E-state index is 13.1. The van der Waals surface area contributed by atoms with Crippen molar-refractivity contribution in [1.82, 2.24) is 19.7 Å². The van der Waals surface area contributed by atoms with Crippen molar-refractivity contribution in [3.63, 3.8) is 0 Å². The van der Waals surface area contributed by atoms with Gasteiger partial charge in [-0.15, -0.1) is 10.2 Å². The van der Waals surface area contributed by atoms with Gasteiger partial charge in [0.25, 0.3) is 0 Å². The highest BCUT2D eigenvalue weighted by atomic mass is 16.2. The summed E-state index contributed by atoms with van der Waals surface area (Å²) in [6.07, 6.45) is 4.14. The molecule has 1 aromatic carbocycles. The van der Waals surface area contributed by atoms with Crippen molar-refractivity contribution >= 4 is 23.3 Å². The molecule has 2 saturated heterocycles. The Balaban J connectivity index is 1.18. The zero-order valence-electron chi connectivity index (χ0n) is 18.1. The molecule has 0 N–H and O–H groups in total. The molecule has 0 radical (unpaired) electrons. The van der Waals surface area contributed by atoms with Crippen molar-refractivity contribution in [2.24, 2.45) is 5.92 Å². The normalized spacial score (nSPS) is 19.0. The van der Waals surface area contributed by atoms with Gasteiger partial charge in [-0.2, -0.15) is 0 Å². The largest absolute Gasteiger partial charge is 0.352 e. The minimum atomic E-state index is -0.281. The van der Waals surface area contributed by atoms with E-state index in [-0.39, 0.29) is 24.2 Å². The minimum Gasteiger partial charge on any atom is -0.352 e. The van der Waals surface area contributed by atoms with Crippen LogP contribution in [0.4, 0.5) is 11.5 Å². The van der Waals surface area contributed by atoms with E-state index in [0.717, 1.165) is 22.9 Å². The number of benzene rings is 1. The zero-order chi connectivity index (χ0) is 22.1. The fraction of sp³-hybridized carbons (Fsp3) is 0.333. The molecule has 2 aromatic heterocycles. The second-order valence-corrected chi connectivity index (χ2v) is 8.39. The first kappa shape index (κ1) is 20.2. The summed E-state index contributed by atoms with van der Waals surface area (Å²) >= 11 is 0. The number of anilines is 2. The van der Waals surface area contributed by atoms with Gasteiger partial charge in [0.15, 0.2) is 11.6 Å². The molecular weight excluding hydrogens is 404 g/mol. The molecule has 4 heterocycles. The van der Waals surface area contributed by atoms with Crippen LogP contribution in [0.5, 0.6) is 0 Å². The molecule has 8 heteroatoms. The topological polar surface area (TPSA) is 74.6 Å². The third-order valence-corrected chi connectivity index (χ3v) is 6.24. The molecule has 0 spiro atoms. The molecule has 1 atom stereocenters. The summed E-state index contributed by atoms with van der Waals surface area (Å²) in [5, 5.41) is 8.68. The lowest BCUT2D eigenvalue weighted by Crippen LogP contribution is -2.51. The second-order valence-electron chi connectivity index (χ2n) is 8.39. The van der Waals surface area contributed by atoms with Gasteiger partial charge in [0, 0.05) is 57.2 Å². The first-order valence-electron chi connectivity index (χ1n) is 11.0. The van der Waals surface area contributed by atoms with Gasteiger partial charge in [0.2, 0.25) is 11.8 Å². The predicted molar refractivity (Wildman–Crippen MR) is 122 cm³/mol. The quantitative estimate of drug-likeness (QED) is 0.635. The number of piperazine rings is 1. The summed E-state index contributed by atoms with van der Waals surface area (Å²) in [5.74, 6) is 1.40. The Hall–Kier alpha value is -3.68. The molecule has 164 valence electrons. The first-order valence-corrected chi connectivity index (χ1v) is 11.0. The fourth-order valence-electron chi connectivity index (χ4n) is 4.37. The van der Waals surface area contributed by atoms with Crippen molar-refractivity contribution in [2.45, 2.75) is 13.3 Å². The van der Waals surface area contributed by atoms with Crippen LogP contribution in [0.3, 0.4) is 0 Å². The number of hydrogen-bond acceptors (Lipinski definition) is 5. The number of aryl methyl sites for hydroxylation is 1. The molecule has 1 unspecified atom stereocenters. The van der Waals surface area contributed by atoms with Crippen molar-refractivity contribution in [1.29, 1.82) is 0 Å². The number of hydrogen-bond donors (Lipinski definition) is 0. The van der Waals surface area contributed by atoms with E-state index in [4.69, 9.17) is 0 Å². The van der Waals surface area contributed by atoms with Crippen molar-refractivity contribution in [3.8, 4) is 5.82 Å². The Morgan fingerprint density at radius 1 is 0.906 bits per heavy atom. The highest BCUT2D eigenvalue weighted by Gasteiger charge is 2.38. The van der Waals surface area contributed by atoms with Crippen LogP contribution in [0.2, 0.25) is 0 Å². The Kier molecular flexibility index (Phi) is 5.34. The van der Waals surface area contributed by atoms with Gasteiger partial charge in [-0.25, -0.2) is 0 Å². The molecule has 32 heavy (non-hydrogen) atoms. The highest BCUT2D eigenvalue weighted by molar-refractivity contribution is 6.00. The van der Waals surface area contributed by atoms with E-state index in [1.807, 2.05) is 77.3 Å². The molecule has 8 nitrogen and oxygen atoms in total. The Morgan fingerprint density at radius 2 is 1.56 bits per heavy atom. The number of nitrogens with zero attached hydrogens (tertiary/aromatic N) is 6. The third-order valence-electron chi connectivity index (χ3n) is 6.24. The molecule has 2 aliphatic heterocycles. The predicted octanol–water partition coefficient (Wildman–Crippen LogP) is 2.28. The molecule has 0 saturated carbocycles. The molecule has 2 amide bonds. The molecule has 5 rings (SSSR count). The highest BCUT2D eigenvalue weighted by Crippen LogP contribution is 2.27. The third kappa shape index (κ3) is 3.95. The van der Waals surface area contributed by atoms with E-state index >= 15 is 0 Å². The lowest BCUT2D eigenvalue weighted by atomic mass is 10.1.